The van der Waals surface area contributed by atoms with Crippen molar-refractivity contribution < 1.29 is 18.9 Å². The zero-order chi connectivity index (χ0) is 13.4. The highest BCUT2D eigenvalue weighted by Gasteiger charge is 2.24. The predicted molar refractivity (Wildman–Crippen MR) is 74.4 cm³/mol. The van der Waals surface area contributed by atoms with E-state index in [1.165, 1.54) is 0 Å². The van der Waals surface area contributed by atoms with E-state index < -0.39 is 0 Å². The van der Waals surface area contributed by atoms with Crippen LogP contribution >= 0.6 is 0 Å². The van der Waals surface area contributed by atoms with Crippen LogP contribution in [0.5, 0.6) is 11.5 Å². The monoisotopic (exact) mass is 272 g/mol. The van der Waals surface area contributed by atoms with Gasteiger partial charge >= 0.3 is 0 Å². The van der Waals surface area contributed by atoms with Gasteiger partial charge in [0.1, 0.15) is 36.9 Å². The molecular formula is C16H16O4. The van der Waals surface area contributed by atoms with Crippen LogP contribution in [0.15, 0.2) is 36.4 Å². The summed E-state index contributed by atoms with van der Waals surface area (Å²) in [5.41, 5.74) is 0. The smallest absolute Gasteiger partial charge is 0.127 e. The van der Waals surface area contributed by atoms with Crippen molar-refractivity contribution in [3.8, 4) is 11.5 Å². The van der Waals surface area contributed by atoms with Crippen LogP contribution in [0, 0.1) is 0 Å². The molecule has 2 fully saturated rings. The van der Waals surface area contributed by atoms with Crippen molar-refractivity contribution in [2.24, 2.45) is 0 Å². The van der Waals surface area contributed by atoms with Gasteiger partial charge in [-0.25, -0.2) is 0 Å². The van der Waals surface area contributed by atoms with E-state index in [9.17, 15) is 0 Å². The summed E-state index contributed by atoms with van der Waals surface area (Å²) in [7, 11) is 0. The lowest BCUT2D eigenvalue weighted by atomic mass is 10.1. The normalized spacial score (nSPS) is 23.6. The molecule has 2 aromatic rings. The Hall–Kier alpha value is -1.78. The SMILES string of the molecule is c1ccc2c(OC[C@@H]3CO3)ccc(OCC3CO3)c2c1. The molecule has 2 heterocycles. The Balaban J connectivity index is 1.61. The first-order chi connectivity index (χ1) is 9.90. The summed E-state index contributed by atoms with van der Waals surface area (Å²) in [6.07, 6.45) is 0.522. The molecule has 0 spiro atoms. The Bertz CT molecular complexity index is 562. The van der Waals surface area contributed by atoms with Crippen LogP contribution in [-0.4, -0.2) is 38.6 Å². The number of hydrogen-bond donors (Lipinski definition) is 0. The Morgan fingerprint density at radius 3 is 1.65 bits per heavy atom. The van der Waals surface area contributed by atoms with Gasteiger partial charge in [-0.2, -0.15) is 0 Å². The first-order valence-corrected chi connectivity index (χ1v) is 6.91. The third-order valence-corrected chi connectivity index (χ3v) is 3.50. The summed E-state index contributed by atoms with van der Waals surface area (Å²) in [6, 6.07) is 12.1. The molecule has 2 saturated heterocycles. The maximum atomic E-state index is 5.83. The molecule has 4 nitrogen and oxygen atoms in total. The predicted octanol–water partition coefficient (Wildman–Crippen LogP) is 2.40. The van der Waals surface area contributed by atoms with Crippen molar-refractivity contribution in [1.82, 2.24) is 0 Å². The standard InChI is InChI=1S/C16H16O4/c1-2-4-14-13(3-1)15(19-9-11-7-17-11)5-6-16(14)20-10-12-8-18-12/h1-6,11-12H,7-10H2/t11-,12?/m0/s1. The van der Waals surface area contributed by atoms with Crippen molar-refractivity contribution in [2.45, 2.75) is 12.2 Å². The van der Waals surface area contributed by atoms with Gasteiger partial charge in [0.05, 0.1) is 13.2 Å². The molecule has 0 radical (unpaired) electrons. The van der Waals surface area contributed by atoms with Gasteiger partial charge < -0.3 is 18.9 Å². The second-order valence-corrected chi connectivity index (χ2v) is 5.14. The molecule has 0 aliphatic carbocycles. The molecule has 1 unspecified atom stereocenters. The average molecular weight is 272 g/mol. The molecule has 0 N–H and O–H groups in total. The van der Waals surface area contributed by atoms with Crippen molar-refractivity contribution in [1.29, 1.82) is 0 Å². The molecular weight excluding hydrogens is 256 g/mol. The Kier molecular flexibility index (Phi) is 2.98. The number of rotatable bonds is 6. The largest absolute Gasteiger partial charge is 0.490 e. The molecule has 2 aromatic carbocycles. The second-order valence-electron chi connectivity index (χ2n) is 5.14. The van der Waals surface area contributed by atoms with Crippen LogP contribution in [0.1, 0.15) is 0 Å². The fourth-order valence-electron chi connectivity index (χ4n) is 2.19. The minimum atomic E-state index is 0.261. The van der Waals surface area contributed by atoms with Crippen molar-refractivity contribution in [2.75, 3.05) is 26.4 Å². The van der Waals surface area contributed by atoms with Gasteiger partial charge in [0.2, 0.25) is 0 Å². The number of benzene rings is 2. The van der Waals surface area contributed by atoms with Crippen LogP contribution in [0.25, 0.3) is 10.8 Å². The molecule has 4 rings (SSSR count). The molecule has 0 saturated carbocycles. The van der Waals surface area contributed by atoms with Crippen molar-refractivity contribution >= 4 is 10.8 Å². The zero-order valence-corrected chi connectivity index (χ0v) is 11.1. The third-order valence-electron chi connectivity index (χ3n) is 3.50. The van der Waals surface area contributed by atoms with Gasteiger partial charge in [-0.3, -0.25) is 0 Å². The molecule has 2 aliphatic rings. The number of epoxide rings is 2. The van der Waals surface area contributed by atoms with Crippen LogP contribution in [-0.2, 0) is 9.47 Å². The molecule has 0 amide bonds. The van der Waals surface area contributed by atoms with Gasteiger partial charge in [0.15, 0.2) is 0 Å². The summed E-state index contributed by atoms with van der Waals surface area (Å²) in [5, 5.41) is 2.14. The Labute approximate surface area is 117 Å². The van der Waals surface area contributed by atoms with Gasteiger partial charge in [-0.15, -0.1) is 0 Å². The molecule has 2 atom stereocenters. The highest BCUT2D eigenvalue weighted by molar-refractivity contribution is 5.93. The Morgan fingerprint density at radius 1 is 0.800 bits per heavy atom. The van der Waals surface area contributed by atoms with Gasteiger partial charge in [-0.1, -0.05) is 24.3 Å². The maximum Gasteiger partial charge on any atom is 0.127 e. The van der Waals surface area contributed by atoms with E-state index in [0.717, 1.165) is 35.5 Å². The fourth-order valence-corrected chi connectivity index (χ4v) is 2.19. The summed E-state index contributed by atoms with van der Waals surface area (Å²) in [4.78, 5) is 0. The summed E-state index contributed by atoms with van der Waals surface area (Å²) in [5.74, 6) is 1.76. The van der Waals surface area contributed by atoms with E-state index >= 15 is 0 Å². The lowest BCUT2D eigenvalue weighted by molar-refractivity contribution is 0.261. The van der Waals surface area contributed by atoms with Crippen molar-refractivity contribution in [3.05, 3.63) is 36.4 Å². The summed E-state index contributed by atoms with van der Waals surface area (Å²) >= 11 is 0. The maximum absolute atomic E-state index is 5.83. The van der Waals surface area contributed by atoms with E-state index in [4.69, 9.17) is 18.9 Å². The van der Waals surface area contributed by atoms with Crippen LogP contribution < -0.4 is 9.47 Å². The highest BCUT2D eigenvalue weighted by Crippen LogP contribution is 2.34. The molecule has 2 aliphatic heterocycles. The van der Waals surface area contributed by atoms with E-state index in [-0.39, 0.29) is 12.2 Å². The lowest BCUT2D eigenvalue weighted by Gasteiger charge is -2.12. The molecule has 0 aromatic heterocycles. The first kappa shape index (κ1) is 12.0. The lowest BCUT2D eigenvalue weighted by Crippen LogP contribution is -2.06. The minimum Gasteiger partial charge on any atom is -0.490 e. The fraction of sp³-hybridized carbons (Fsp3) is 0.375. The quantitative estimate of drug-likeness (QED) is 0.757. The third kappa shape index (κ3) is 2.57. The first-order valence-electron chi connectivity index (χ1n) is 6.91. The number of hydrogen-bond acceptors (Lipinski definition) is 4. The molecule has 0 bridgehead atoms. The van der Waals surface area contributed by atoms with Crippen LogP contribution in [0.4, 0.5) is 0 Å². The minimum absolute atomic E-state index is 0.261. The number of fused-ring (bicyclic) bond motifs is 1. The number of ether oxygens (including phenoxy) is 4. The summed E-state index contributed by atoms with van der Waals surface area (Å²) < 4.78 is 22.0. The Morgan fingerprint density at radius 2 is 1.25 bits per heavy atom. The zero-order valence-electron chi connectivity index (χ0n) is 11.1. The molecule has 20 heavy (non-hydrogen) atoms. The van der Waals surface area contributed by atoms with E-state index in [2.05, 4.69) is 12.1 Å². The van der Waals surface area contributed by atoms with Crippen molar-refractivity contribution in [3.63, 3.8) is 0 Å². The second kappa shape index (κ2) is 4.96. The van der Waals surface area contributed by atoms with Crippen LogP contribution in [0.3, 0.4) is 0 Å². The topological polar surface area (TPSA) is 43.5 Å². The highest BCUT2D eigenvalue weighted by atomic mass is 16.6. The van der Waals surface area contributed by atoms with E-state index in [1.807, 2.05) is 24.3 Å². The van der Waals surface area contributed by atoms with Gasteiger partial charge in [-0.05, 0) is 12.1 Å². The average Bonchev–Trinajstić information content (AvgIpc) is 3.38. The van der Waals surface area contributed by atoms with Gasteiger partial charge in [0, 0.05) is 10.8 Å². The van der Waals surface area contributed by atoms with E-state index in [1.54, 1.807) is 0 Å². The molecule has 4 heteroatoms. The van der Waals surface area contributed by atoms with E-state index in [0.29, 0.717) is 13.2 Å². The summed E-state index contributed by atoms with van der Waals surface area (Å²) in [6.45, 7) is 2.83. The van der Waals surface area contributed by atoms with Gasteiger partial charge in [0.25, 0.3) is 0 Å². The van der Waals surface area contributed by atoms with Crippen LogP contribution in [0.2, 0.25) is 0 Å². The molecule has 104 valence electrons.